The number of nitrogens with zero attached hydrogens (tertiary/aromatic N) is 2. The van der Waals surface area contributed by atoms with Gasteiger partial charge in [0.15, 0.2) is 0 Å². The standard InChI is InChI=1S/C20H31N3O2/c1-14(2)18(21)19(24)23-12-16-11-15(3)5-6-17(16)25-20(13-23)7-9-22(4)10-8-20/h5-6,11,14,18H,7-10,12-13,21H2,1-4H3/t18-/m1/s1. The Morgan fingerprint density at radius 3 is 2.60 bits per heavy atom. The first kappa shape index (κ1) is 18.2. The van der Waals surface area contributed by atoms with Crippen molar-refractivity contribution >= 4 is 5.91 Å². The number of piperidine rings is 1. The monoisotopic (exact) mass is 345 g/mol. The maximum atomic E-state index is 13.0. The van der Waals surface area contributed by atoms with Crippen molar-refractivity contribution in [2.75, 3.05) is 26.7 Å². The van der Waals surface area contributed by atoms with Crippen LogP contribution in [0.25, 0.3) is 0 Å². The Morgan fingerprint density at radius 2 is 1.96 bits per heavy atom. The Bertz CT molecular complexity index is 636. The Labute approximate surface area is 151 Å². The van der Waals surface area contributed by atoms with Crippen molar-refractivity contribution in [2.45, 2.75) is 51.8 Å². The lowest BCUT2D eigenvalue weighted by atomic mass is 9.90. The van der Waals surface area contributed by atoms with Gasteiger partial charge in [0.25, 0.3) is 0 Å². The van der Waals surface area contributed by atoms with Gasteiger partial charge in [-0.3, -0.25) is 4.79 Å². The summed E-state index contributed by atoms with van der Waals surface area (Å²) in [6, 6.07) is 5.80. The summed E-state index contributed by atoms with van der Waals surface area (Å²) in [7, 11) is 2.14. The van der Waals surface area contributed by atoms with E-state index < -0.39 is 6.04 Å². The van der Waals surface area contributed by atoms with Gasteiger partial charge < -0.3 is 20.3 Å². The number of benzene rings is 1. The molecule has 0 aromatic heterocycles. The normalized spacial score (nSPS) is 21.6. The van der Waals surface area contributed by atoms with Crippen molar-refractivity contribution in [1.29, 1.82) is 0 Å². The fourth-order valence-electron chi connectivity index (χ4n) is 3.74. The second kappa shape index (κ2) is 6.96. The molecule has 2 N–H and O–H groups in total. The number of aryl methyl sites for hydroxylation is 1. The molecule has 2 aliphatic heterocycles. The van der Waals surface area contributed by atoms with E-state index in [4.69, 9.17) is 10.5 Å². The van der Waals surface area contributed by atoms with Crippen molar-refractivity contribution in [3.05, 3.63) is 29.3 Å². The Kier molecular flexibility index (Phi) is 5.07. The van der Waals surface area contributed by atoms with Gasteiger partial charge in [-0.1, -0.05) is 31.5 Å². The minimum absolute atomic E-state index is 0.0336. The van der Waals surface area contributed by atoms with Crippen molar-refractivity contribution < 1.29 is 9.53 Å². The van der Waals surface area contributed by atoms with Gasteiger partial charge in [0.2, 0.25) is 5.91 Å². The lowest BCUT2D eigenvalue weighted by molar-refractivity contribution is -0.137. The summed E-state index contributed by atoms with van der Waals surface area (Å²) in [4.78, 5) is 17.3. The highest BCUT2D eigenvalue weighted by atomic mass is 16.5. The average Bonchev–Trinajstić information content (AvgIpc) is 2.73. The van der Waals surface area contributed by atoms with Crippen LogP contribution >= 0.6 is 0 Å². The molecule has 0 saturated carbocycles. The molecule has 0 unspecified atom stereocenters. The van der Waals surface area contributed by atoms with E-state index in [9.17, 15) is 4.79 Å². The van der Waals surface area contributed by atoms with Crippen LogP contribution in [0.2, 0.25) is 0 Å². The van der Waals surface area contributed by atoms with Crippen LogP contribution in [0.1, 0.15) is 37.8 Å². The van der Waals surface area contributed by atoms with E-state index in [2.05, 4.69) is 37.1 Å². The van der Waals surface area contributed by atoms with Crippen LogP contribution in [0, 0.1) is 12.8 Å². The molecule has 1 atom stereocenters. The van der Waals surface area contributed by atoms with Gasteiger partial charge in [-0.05, 0) is 26.0 Å². The summed E-state index contributed by atoms with van der Waals surface area (Å²) in [6.07, 6.45) is 1.86. The van der Waals surface area contributed by atoms with E-state index in [-0.39, 0.29) is 17.4 Å². The number of rotatable bonds is 2. The van der Waals surface area contributed by atoms with Gasteiger partial charge in [-0.2, -0.15) is 0 Å². The van der Waals surface area contributed by atoms with Gasteiger partial charge in [-0.25, -0.2) is 0 Å². The first-order chi connectivity index (χ1) is 11.8. The third-order valence-electron chi connectivity index (χ3n) is 5.60. The lowest BCUT2D eigenvalue weighted by Crippen LogP contribution is -2.56. The SMILES string of the molecule is Cc1ccc2c(c1)CN(C(=O)[C@H](N)C(C)C)CC1(CCN(C)CC1)O2. The van der Waals surface area contributed by atoms with Crippen LogP contribution in [0.5, 0.6) is 5.75 Å². The second-order valence-electron chi connectivity index (χ2n) is 8.16. The topological polar surface area (TPSA) is 58.8 Å². The number of carbonyl (C=O) groups excluding carboxylic acids is 1. The van der Waals surface area contributed by atoms with Crippen LogP contribution in [-0.4, -0.2) is 54.0 Å². The average molecular weight is 345 g/mol. The highest BCUT2D eigenvalue weighted by molar-refractivity contribution is 5.82. The van der Waals surface area contributed by atoms with E-state index in [1.807, 2.05) is 18.7 Å². The maximum absolute atomic E-state index is 13.0. The Hall–Kier alpha value is -1.59. The van der Waals surface area contributed by atoms with Crippen LogP contribution < -0.4 is 10.5 Å². The fraction of sp³-hybridized carbons (Fsp3) is 0.650. The van der Waals surface area contributed by atoms with Crippen LogP contribution in [0.4, 0.5) is 0 Å². The van der Waals surface area contributed by atoms with Crippen molar-refractivity contribution in [3.8, 4) is 5.75 Å². The maximum Gasteiger partial charge on any atom is 0.240 e. The molecule has 0 aliphatic carbocycles. The molecule has 1 amide bonds. The van der Waals surface area contributed by atoms with Gasteiger partial charge in [0, 0.05) is 38.0 Å². The predicted molar refractivity (Wildman–Crippen MR) is 99.5 cm³/mol. The first-order valence-corrected chi connectivity index (χ1v) is 9.31. The van der Waals surface area contributed by atoms with Crippen molar-refractivity contribution in [2.24, 2.45) is 11.7 Å². The number of hydrogen-bond acceptors (Lipinski definition) is 4. The number of nitrogens with two attached hydrogens (primary N) is 1. The molecule has 3 rings (SSSR count). The molecule has 1 spiro atoms. The first-order valence-electron chi connectivity index (χ1n) is 9.31. The molecule has 138 valence electrons. The molecule has 25 heavy (non-hydrogen) atoms. The fourth-order valence-corrected chi connectivity index (χ4v) is 3.74. The van der Waals surface area contributed by atoms with Gasteiger partial charge in [-0.15, -0.1) is 0 Å². The summed E-state index contributed by atoms with van der Waals surface area (Å²) < 4.78 is 6.55. The van der Waals surface area contributed by atoms with Crippen molar-refractivity contribution in [1.82, 2.24) is 9.80 Å². The van der Waals surface area contributed by atoms with Gasteiger partial charge in [0.05, 0.1) is 12.6 Å². The summed E-state index contributed by atoms with van der Waals surface area (Å²) in [5, 5.41) is 0. The molecule has 1 saturated heterocycles. The molecule has 1 aromatic carbocycles. The third-order valence-corrected chi connectivity index (χ3v) is 5.60. The minimum atomic E-state index is -0.463. The summed E-state index contributed by atoms with van der Waals surface area (Å²) in [5.74, 6) is 1.08. The molecular formula is C20H31N3O2. The smallest absolute Gasteiger partial charge is 0.240 e. The number of carbonyl (C=O) groups is 1. The zero-order chi connectivity index (χ0) is 18.2. The predicted octanol–water partition coefficient (Wildman–Crippen LogP) is 2.16. The number of likely N-dealkylation sites (tertiary alicyclic amines) is 1. The zero-order valence-corrected chi connectivity index (χ0v) is 15.9. The van der Waals surface area contributed by atoms with Gasteiger partial charge in [0.1, 0.15) is 11.4 Å². The molecular weight excluding hydrogens is 314 g/mol. The van der Waals surface area contributed by atoms with Gasteiger partial charge >= 0.3 is 0 Å². The molecule has 0 bridgehead atoms. The Morgan fingerprint density at radius 1 is 1.28 bits per heavy atom. The number of hydrogen-bond donors (Lipinski definition) is 1. The number of amides is 1. The molecule has 5 nitrogen and oxygen atoms in total. The van der Waals surface area contributed by atoms with Crippen LogP contribution in [0.3, 0.4) is 0 Å². The summed E-state index contributed by atoms with van der Waals surface area (Å²) in [5.41, 5.74) is 8.15. The van der Waals surface area contributed by atoms with E-state index in [0.29, 0.717) is 13.1 Å². The highest BCUT2D eigenvalue weighted by Gasteiger charge is 2.42. The largest absolute Gasteiger partial charge is 0.485 e. The van der Waals surface area contributed by atoms with E-state index in [1.54, 1.807) is 0 Å². The van der Waals surface area contributed by atoms with E-state index in [1.165, 1.54) is 5.56 Å². The molecule has 1 fully saturated rings. The van der Waals surface area contributed by atoms with Crippen molar-refractivity contribution in [3.63, 3.8) is 0 Å². The molecule has 2 heterocycles. The molecule has 1 aromatic rings. The van der Waals surface area contributed by atoms with E-state index >= 15 is 0 Å². The molecule has 0 radical (unpaired) electrons. The Balaban J connectivity index is 1.94. The molecule has 5 heteroatoms. The lowest BCUT2D eigenvalue weighted by Gasteiger charge is -2.42. The summed E-state index contributed by atoms with van der Waals surface area (Å²) in [6.45, 7) is 9.24. The van der Waals surface area contributed by atoms with E-state index in [0.717, 1.165) is 37.2 Å². The second-order valence-corrected chi connectivity index (χ2v) is 8.16. The highest BCUT2D eigenvalue weighted by Crippen LogP contribution is 2.36. The molecule has 2 aliphatic rings. The van der Waals surface area contributed by atoms with Crippen LogP contribution in [-0.2, 0) is 11.3 Å². The number of fused-ring (bicyclic) bond motifs is 1. The minimum Gasteiger partial charge on any atom is -0.485 e. The quantitative estimate of drug-likeness (QED) is 0.892. The number of ether oxygens (including phenoxy) is 1. The zero-order valence-electron chi connectivity index (χ0n) is 15.9. The van der Waals surface area contributed by atoms with Crippen LogP contribution in [0.15, 0.2) is 18.2 Å². The summed E-state index contributed by atoms with van der Waals surface area (Å²) >= 11 is 0. The third kappa shape index (κ3) is 3.82.